The van der Waals surface area contributed by atoms with Gasteiger partial charge in [0.05, 0.1) is 12.5 Å². The van der Waals surface area contributed by atoms with Gasteiger partial charge in [0, 0.05) is 17.4 Å². The molecule has 160 valence electrons. The molecule has 0 saturated heterocycles. The summed E-state index contributed by atoms with van der Waals surface area (Å²) in [5.41, 5.74) is 4.26. The van der Waals surface area contributed by atoms with Crippen molar-refractivity contribution in [1.82, 2.24) is 0 Å². The smallest absolute Gasteiger partial charge is 0.235 e. The maximum absolute atomic E-state index is 13.5. The number of aryl methyl sites for hydroxylation is 1. The molecular weight excluding hydrogens is 372 g/mol. The average Bonchev–Trinajstić information content (AvgIpc) is 3.24. The van der Waals surface area contributed by atoms with Crippen LogP contribution < -0.4 is 15.4 Å². The molecule has 0 spiro atoms. The zero-order chi connectivity index (χ0) is 21.4. The molecule has 1 unspecified atom stereocenters. The highest BCUT2D eigenvalue weighted by molar-refractivity contribution is 5.99. The number of nitrogens with one attached hydrogen (secondary N) is 2. The van der Waals surface area contributed by atoms with Crippen molar-refractivity contribution in [3.63, 3.8) is 0 Å². The highest BCUT2D eigenvalue weighted by Gasteiger charge is 2.42. The van der Waals surface area contributed by atoms with E-state index in [0.29, 0.717) is 6.04 Å². The van der Waals surface area contributed by atoms with Crippen molar-refractivity contribution >= 4 is 17.3 Å². The van der Waals surface area contributed by atoms with E-state index in [2.05, 4.69) is 43.5 Å². The molecule has 1 atom stereocenters. The van der Waals surface area contributed by atoms with Gasteiger partial charge in [0.1, 0.15) is 5.75 Å². The summed E-state index contributed by atoms with van der Waals surface area (Å²) in [6.07, 6.45) is 6.11. The highest BCUT2D eigenvalue weighted by atomic mass is 16.5. The van der Waals surface area contributed by atoms with E-state index < -0.39 is 5.41 Å². The Hall–Kier alpha value is -2.49. The highest BCUT2D eigenvalue weighted by Crippen LogP contribution is 2.43. The second-order valence-electron chi connectivity index (χ2n) is 9.95. The van der Waals surface area contributed by atoms with Crippen LogP contribution in [0.2, 0.25) is 0 Å². The molecule has 1 aliphatic carbocycles. The van der Waals surface area contributed by atoms with Gasteiger partial charge in [0.25, 0.3) is 0 Å². The van der Waals surface area contributed by atoms with E-state index in [-0.39, 0.29) is 11.3 Å². The van der Waals surface area contributed by atoms with Gasteiger partial charge in [-0.1, -0.05) is 45.7 Å². The lowest BCUT2D eigenvalue weighted by molar-refractivity contribution is -0.121. The molecule has 2 aromatic rings. The van der Waals surface area contributed by atoms with Crippen LogP contribution in [0.5, 0.6) is 5.75 Å². The normalized spacial score (nSPS) is 20.2. The van der Waals surface area contributed by atoms with Gasteiger partial charge in [-0.2, -0.15) is 0 Å². The van der Waals surface area contributed by atoms with E-state index in [9.17, 15) is 4.79 Å². The van der Waals surface area contributed by atoms with Gasteiger partial charge in [-0.3, -0.25) is 4.79 Å². The number of hydrogen-bond acceptors (Lipinski definition) is 3. The van der Waals surface area contributed by atoms with Crippen molar-refractivity contribution in [2.24, 2.45) is 5.41 Å². The van der Waals surface area contributed by atoms with Crippen molar-refractivity contribution in [2.45, 2.75) is 70.8 Å². The average molecular weight is 407 g/mol. The molecule has 2 aromatic carbocycles. The van der Waals surface area contributed by atoms with Crippen LogP contribution in [0, 0.1) is 5.41 Å². The van der Waals surface area contributed by atoms with Crippen LogP contribution in [0.4, 0.5) is 11.4 Å². The van der Waals surface area contributed by atoms with Gasteiger partial charge >= 0.3 is 0 Å². The Labute approximate surface area is 180 Å². The predicted octanol–water partition coefficient (Wildman–Crippen LogP) is 5.92. The Morgan fingerprint density at radius 1 is 1.10 bits per heavy atom. The first kappa shape index (κ1) is 20.8. The monoisotopic (exact) mass is 406 g/mol. The van der Waals surface area contributed by atoms with Crippen LogP contribution in [0.25, 0.3) is 0 Å². The Morgan fingerprint density at radius 3 is 2.43 bits per heavy atom. The maximum atomic E-state index is 13.5. The molecule has 0 aromatic heterocycles. The second-order valence-corrected chi connectivity index (χ2v) is 9.95. The first-order valence-electron chi connectivity index (χ1n) is 11.2. The van der Waals surface area contributed by atoms with Gasteiger partial charge in [0.15, 0.2) is 0 Å². The van der Waals surface area contributed by atoms with Crippen molar-refractivity contribution in [1.29, 1.82) is 0 Å². The lowest BCUT2D eigenvalue weighted by atomic mass is 9.78. The summed E-state index contributed by atoms with van der Waals surface area (Å²) < 4.78 is 5.30. The third kappa shape index (κ3) is 3.92. The maximum Gasteiger partial charge on any atom is 0.235 e. The SMILES string of the molecule is COc1ccc(C2(C(=O)Nc3ccc4c(c3)CCC(C(C)(C)C)N4)CCCC2)cc1. The van der Waals surface area contributed by atoms with Crippen LogP contribution >= 0.6 is 0 Å². The zero-order valence-electron chi connectivity index (χ0n) is 18.7. The summed E-state index contributed by atoms with van der Waals surface area (Å²) in [7, 11) is 1.67. The summed E-state index contributed by atoms with van der Waals surface area (Å²) in [6.45, 7) is 6.85. The minimum absolute atomic E-state index is 0.112. The topological polar surface area (TPSA) is 50.4 Å². The van der Waals surface area contributed by atoms with E-state index >= 15 is 0 Å². The van der Waals surface area contributed by atoms with Crippen LogP contribution in [0.15, 0.2) is 42.5 Å². The Balaban J connectivity index is 1.54. The third-order valence-corrected chi connectivity index (χ3v) is 6.97. The largest absolute Gasteiger partial charge is 0.497 e. The fraction of sp³-hybridized carbons (Fsp3) is 0.500. The number of carbonyl (C=O) groups is 1. The first-order valence-corrected chi connectivity index (χ1v) is 11.2. The van der Waals surface area contributed by atoms with E-state index in [1.807, 2.05) is 30.3 Å². The molecule has 4 heteroatoms. The number of ether oxygens (including phenoxy) is 1. The molecule has 1 aliphatic heterocycles. The van der Waals surface area contributed by atoms with Crippen molar-refractivity contribution in [3.05, 3.63) is 53.6 Å². The molecule has 0 bridgehead atoms. The fourth-order valence-electron chi connectivity index (χ4n) is 5.01. The number of amides is 1. The molecule has 1 fully saturated rings. The third-order valence-electron chi connectivity index (χ3n) is 6.97. The Kier molecular flexibility index (Phi) is 5.52. The molecule has 1 amide bonds. The first-order chi connectivity index (χ1) is 14.3. The van der Waals surface area contributed by atoms with Crippen molar-refractivity contribution < 1.29 is 9.53 Å². The summed E-state index contributed by atoms with van der Waals surface area (Å²) in [5, 5.41) is 6.94. The van der Waals surface area contributed by atoms with E-state index in [4.69, 9.17) is 4.74 Å². The number of hydrogen-bond donors (Lipinski definition) is 2. The second kappa shape index (κ2) is 7.98. The van der Waals surface area contributed by atoms with E-state index in [0.717, 1.165) is 55.5 Å². The van der Waals surface area contributed by atoms with Gasteiger partial charge in [-0.05, 0) is 72.6 Å². The molecule has 2 aliphatic rings. The Bertz CT molecular complexity index is 906. The summed E-state index contributed by atoms with van der Waals surface area (Å²) >= 11 is 0. The van der Waals surface area contributed by atoms with Gasteiger partial charge < -0.3 is 15.4 Å². The van der Waals surface area contributed by atoms with Crippen LogP contribution in [-0.2, 0) is 16.6 Å². The number of fused-ring (bicyclic) bond motifs is 1. The van der Waals surface area contributed by atoms with Gasteiger partial charge in [-0.25, -0.2) is 0 Å². The fourth-order valence-corrected chi connectivity index (χ4v) is 5.01. The number of rotatable bonds is 4. The lowest BCUT2D eigenvalue weighted by Crippen LogP contribution is -2.38. The number of benzene rings is 2. The van der Waals surface area contributed by atoms with Crippen LogP contribution in [-0.4, -0.2) is 19.1 Å². The standard InChI is InChI=1S/C26H34N2O2/c1-25(2,3)23-14-7-18-17-20(10-13-22(18)28-23)27-24(29)26(15-5-6-16-26)19-8-11-21(30-4)12-9-19/h8-13,17,23,28H,5-7,14-16H2,1-4H3,(H,27,29). The molecular formula is C26H34N2O2. The summed E-state index contributed by atoms with van der Waals surface area (Å²) in [5.74, 6) is 0.935. The van der Waals surface area contributed by atoms with Gasteiger partial charge in [-0.15, -0.1) is 0 Å². The molecule has 30 heavy (non-hydrogen) atoms. The quantitative estimate of drug-likeness (QED) is 0.663. The zero-order valence-corrected chi connectivity index (χ0v) is 18.7. The lowest BCUT2D eigenvalue weighted by Gasteiger charge is -2.36. The van der Waals surface area contributed by atoms with E-state index in [1.165, 1.54) is 11.3 Å². The number of carbonyl (C=O) groups excluding carboxylic acids is 1. The van der Waals surface area contributed by atoms with Gasteiger partial charge in [0.2, 0.25) is 5.91 Å². The molecule has 2 N–H and O–H groups in total. The minimum Gasteiger partial charge on any atom is -0.497 e. The van der Waals surface area contributed by atoms with Crippen LogP contribution in [0.3, 0.4) is 0 Å². The number of methoxy groups -OCH3 is 1. The molecule has 4 nitrogen and oxygen atoms in total. The number of anilines is 2. The summed E-state index contributed by atoms with van der Waals surface area (Å²) in [6, 6.07) is 14.8. The predicted molar refractivity (Wildman–Crippen MR) is 123 cm³/mol. The van der Waals surface area contributed by atoms with E-state index in [1.54, 1.807) is 7.11 Å². The molecule has 1 heterocycles. The molecule has 1 saturated carbocycles. The van der Waals surface area contributed by atoms with Crippen LogP contribution in [0.1, 0.15) is 64.0 Å². The molecule has 0 radical (unpaired) electrons. The molecule has 4 rings (SSSR count). The Morgan fingerprint density at radius 2 is 1.80 bits per heavy atom. The van der Waals surface area contributed by atoms with Crippen molar-refractivity contribution in [3.8, 4) is 5.75 Å². The van der Waals surface area contributed by atoms with Crippen molar-refractivity contribution in [2.75, 3.05) is 17.7 Å². The minimum atomic E-state index is -0.447. The summed E-state index contributed by atoms with van der Waals surface area (Å²) in [4.78, 5) is 13.5.